The summed E-state index contributed by atoms with van der Waals surface area (Å²) in [6.45, 7) is 2.50. The van der Waals surface area contributed by atoms with Gasteiger partial charge in [-0.2, -0.15) is 8.42 Å². The maximum atomic E-state index is 9.79. The number of ketones is 2. The second-order valence-electron chi connectivity index (χ2n) is 5.15. The van der Waals surface area contributed by atoms with Crippen LogP contribution in [0.4, 0.5) is 11.4 Å². The molecule has 2 aromatic rings. The van der Waals surface area contributed by atoms with Crippen LogP contribution in [0.25, 0.3) is 0 Å². The summed E-state index contributed by atoms with van der Waals surface area (Å²) in [5.74, 6) is -0.159. The number of hydrogen-bond acceptors (Lipinski definition) is 8. The lowest BCUT2D eigenvalue weighted by molar-refractivity contribution is -0.134. The van der Waals surface area contributed by atoms with Gasteiger partial charge in [0.25, 0.3) is 0 Å². The van der Waals surface area contributed by atoms with Crippen LogP contribution in [0.5, 0.6) is 11.5 Å². The van der Waals surface area contributed by atoms with Gasteiger partial charge in [-0.1, -0.05) is 0 Å². The molecule has 0 unspecified atom stereocenters. The number of hydrogen-bond donors (Lipinski definition) is 6. The first-order valence-electron chi connectivity index (χ1n) is 7.95. The number of phenols is 2. The number of phenolic OH excluding ortho intramolecular Hbond substituents is 2. The second kappa shape index (κ2) is 14.9. The summed E-state index contributed by atoms with van der Waals surface area (Å²) in [4.78, 5) is 19.6. The fraction of sp³-hybridized carbons (Fsp3) is 0.222. The summed E-state index contributed by atoms with van der Waals surface area (Å²) in [5, 5.41) is 23.5. The Balaban J connectivity index is 0. The third-order valence-corrected chi connectivity index (χ3v) is 2.81. The minimum absolute atomic E-state index is 0.300. The molecule has 0 fully saturated rings. The van der Waals surface area contributed by atoms with Gasteiger partial charge in [0.05, 0.1) is 0 Å². The molecule has 29 heavy (non-hydrogen) atoms. The minimum atomic E-state index is -4.67. The summed E-state index contributed by atoms with van der Waals surface area (Å²) in [6, 6.07) is 13.8. The van der Waals surface area contributed by atoms with Gasteiger partial charge in [-0.05, 0) is 48.5 Å². The Morgan fingerprint density at radius 3 is 1.03 bits per heavy atom. The number of aromatic hydroxyl groups is 2. The molecule has 0 aromatic heterocycles. The van der Waals surface area contributed by atoms with Crippen LogP contribution in [0.1, 0.15) is 13.8 Å². The van der Waals surface area contributed by atoms with Gasteiger partial charge in [0, 0.05) is 39.3 Å². The average Bonchev–Trinajstić information content (AvgIpc) is 2.63. The highest BCUT2D eigenvalue weighted by molar-refractivity contribution is 7.79. The van der Waals surface area contributed by atoms with Crippen LogP contribution in [0.15, 0.2) is 48.5 Å². The van der Waals surface area contributed by atoms with E-state index >= 15 is 0 Å². The van der Waals surface area contributed by atoms with Crippen LogP contribution < -0.4 is 10.6 Å². The molecule has 0 spiro atoms. The highest BCUT2D eigenvalue weighted by atomic mass is 32.3. The molecule has 0 bridgehead atoms. The van der Waals surface area contributed by atoms with Crippen molar-refractivity contribution in [1.29, 1.82) is 0 Å². The zero-order valence-corrected chi connectivity index (χ0v) is 17.3. The molecule has 0 radical (unpaired) electrons. The van der Waals surface area contributed by atoms with Gasteiger partial charge in [0.1, 0.15) is 11.5 Å². The van der Waals surface area contributed by atoms with Crippen LogP contribution in [-0.2, 0) is 20.0 Å². The molecular weight excluding hydrogens is 404 g/mol. The molecule has 0 saturated carbocycles. The zero-order valence-electron chi connectivity index (χ0n) is 16.4. The monoisotopic (exact) mass is 430 g/mol. The first-order valence-corrected chi connectivity index (χ1v) is 9.34. The quantitative estimate of drug-likeness (QED) is 0.241. The smallest absolute Gasteiger partial charge is 0.394 e. The van der Waals surface area contributed by atoms with E-state index in [0.29, 0.717) is 11.5 Å². The third-order valence-electron chi connectivity index (χ3n) is 2.81. The fourth-order valence-electron chi connectivity index (χ4n) is 1.26. The first kappa shape index (κ1) is 28.1. The van der Waals surface area contributed by atoms with Gasteiger partial charge < -0.3 is 20.8 Å². The SMILES string of the molecule is CC(=O)C(C)=O.CNc1ccc(O)cc1.CNc1ccc(O)cc1.O=S(=O)(O)O. The summed E-state index contributed by atoms with van der Waals surface area (Å²) >= 11 is 0. The number of carbonyl (C=O) groups is 2. The molecule has 0 heterocycles. The number of anilines is 2. The molecule has 0 aliphatic heterocycles. The molecule has 10 nitrogen and oxygen atoms in total. The van der Waals surface area contributed by atoms with Crippen molar-refractivity contribution in [3.05, 3.63) is 48.5 Å². The first-order chi connectivity index (χ1) is 13.3. The minimum Gasteiger partial charge on any atom is -0.508 e. The van der Waals surface area contributed by atoms with E-state index in [1.165, 1.54) is 13.8 Å². The maximum Gasteiger partial charge on any atom is 0.394 e. The normalized spacial score (nSPS) is 9.17. The molecule has 0 amide bonds. The summed E-state index contributed by atoms with van der Waals surface area (Å²) in [6.07, 6.45) is 0. The lowest BCUT2D eigenvalue weighted by atomic mass is 10.3. The summed E-state index contributed by atoms with van der Waals surface area (Å²) in [7, 11) is -0.987. The maximum absolute atomic E-state index is 9.79. The van der Waals surface area contributed by atoms with Crippen LogP contribution in [-0.4, -0.2) is 53.4 Å². The Morgan fingerprint density at radius 2 is 0.897 bits per heavy atom. The van der Waals surface area contributed by atoms with Gasteiger partial charge in [-0.3, -0.25) is 18.7 Å². The molecule has 0 aliphatic rings. The summed E-state index contributed by atoms with van der Waals surface area (Å²) < 4.78 is 31.6. The molecule has 2 rings (SSSR count). The Labute approximate surface area is 169 Å². The molecule has 0 aliphatic carbocycles. The van der Waals surface area contributed by atoms with E-state index in [0.717, 1.165) is 11.4 Å². The van der Waals surface area contributed by atoms with Gasteiger partial charge in [-0.25, -0.2) is 0 Å². The lowest BCUT2D eigenvalue weighted by Gasteiger charge is -1.96. The molecule has 6 N–H and O–H groups in total. The Morgan fingerprint density at radius 1 is 0.690 bits per heavy atom. The Hall–Kier alpha value is -3.15. The molecular formula is C18H26N2O8S. The van der Waals surface area contributed by atoms with E-state index in [1.807, 2.05) is 38.4 Å². The standard InChI is InChI=1S/2C7H9NO.C4H6O2.H2O4S/c2*1-8-6-2-4-7(9)5-3-6;1-3(5)4(2)6;1-5(2,3)4/h2*2-5,8-9H,1H3;1-2H3;(H2,1,2,3,4). The highest BCUT2D eigenvalue weighted by Gasteiger charge is 1.94. The number of nitrogens with one attached hydrogen (secondary N) is 2. The molecule has 162 valence electrons. The topological polar surface area (TPSA) is 173 Å². The molecule has 0 atom stereocenters. The number of rotatable bonds is 3. The predicted octanol–water partition coefficient (Wildman–Crippen LogP) is 2.38. The van der Waals surface area contributed by atoms with Crippen molar-refractivity contribution in [2.75, 3.05) is 24.7 Å². The Bertz CT molecular complexity index is 770. The van der Waals surface area contributed by atoms with Gasteiger partial charge in [-0.15, -0.1) is 0 Å². The van der Waals surface area contributed by atoms with Crippen LogP contribution in [0, 0.1) is 0 Å². The van der Waals surface area contributed by atoms with E-state index in [1.54, 1.807) is 24.3 Å². The number of carbonyl (C=O) groups excluding carboxylic acids is 2. The van der Waals surface area contributed by atoms with Crippen molar-refractivity contribution in [2.24, 2.45) is 0 Å². The molecule has 11 heteroatoms. The van der Waals surface area contributed by atoms with Crippen molar-refractivity contribution in [2.45, 2.75) is 13.8 Å². The van der Waals surface area contributed by atoms with Gasteiger partial charge in [0.2, 0.25) is 0 Å². The van der Waals surface area contributed by atoms with Crippen LogP contribution in [0.2, 0.25) is 0 Å². The van der Waals surface area contributed by atoms with Crippen LogP contribution >= 0.6 is 0 Å². The van der Waals surface area contributed by atoms with E-state index in [9.17, 15) is 9.59 Å². The van der Waals surface area contributed by atoms with Crippen molar-refractivity contribution >= 4 is 33.3 Å². The van der Waals surface area contributed by atoms with Gasteiger partial charge in [0.15, 0.2) is 11.6 Å². The van der Waals surface area contributed by atoms with Crippen molar-refractivity contribution in [1.82, 2.24) is 0 Å². The number of benzene rings is 2. The predicted molar refractivity (Wildman–Crippen MR) is 111 cm³/mol. The van der Waals surface area contributed by atoms with Crippen molar-refractivity contribution < 1.29 is 37.3 Å². The van der Waals surface area contributed by atoms with E-state index in [4.69, 9.17) is 27.7 Å². The van der Waals surface area contributed by atoms with Gasteiger partial charge >= 0.3 is 10.4 Å². The fourth-order valence-corrected chi connectivity index (χ4v) is 1.26. The average molecular weight is 430 g/mol. The van der Waals surface area contributed by atoms with Crippen LogP contribution in [0.3, 0.4) is 0 Å². The Kier molecular flexibility index (Phi) is 14.4. The lowest BCUT2D eigenvalue weighted by Crippen LogP contribution is -2.01. The third kappa shape index (κ3) is 21.0. The molecule has 2 aromatic carbocycles. The van der Waals surface area contributed by atoms with E-state index in [2.05, 4.69) is 10.6 Å². The molecule has 0 saturated heterocycles. The zero-order chi connectivity index (χ0) is 23.0. The van der Waals surface area contributed by atoms with E-state index in [-0.39, 0.29) is 11.6 Å². The number of Topliss-reactive ketones (excluding diaryl/α,β-unsaturated/α-hetero) is 2. The largest absolute Gasteiger partial charge is 0.508 e. The summed E-state index contributed by atoms with van der Waals surface area (Å²) in [5.41, 5.74) is 2.01. The highest BCUT2D eigenvalue weighted by Crippen LogP contribution is 2.12. The second-order valence-corrected chi connectivity index (χ2v) is 6.05. The van der Waals surface area contributed by atoms with Crippen molar-refractivity contribution in [3.63, 3.8) is 0 Å². The van der Waals surface area contributed by atoms with E-state index < -0.39 is 10.4 Å². The van der Waals surface area contributed by atoms with Crippen molar-refractivity contribution in [3.8, 4) is 11.5 Å².